The molecule has 0 radical (unpaired) electrons. The molecule has 0 aromatic heterocycles. The number of carboxylic acid groups (broad SMARTS) is 2. The van der Waals surface area contributed by atoms with Crippen LogP contribution in [0.3, 0.4) is 0 Å². The number of aromatic carboxylic acids is 1. The number of hydrogen-bond donors (Lipinski definition) is 3. The van der Waals surface area contributed by atoms with Crippen molar-refractivity contribution >= 4 is 33.7 Å². The van der Waals surface area contributed by atoms with E-state index in [0.717, 1.165) is 6.07 Å². The first-order chi connectivity index (χ1) is 8.75. The largest absolute Gasteiger partial charge is 0.479 e. The third kappa shape index (κ3) is 3.39. The van der Waals surface area contributed by atoms with E-state index in [0.29, 0.717) is 0 Å². The Labute approximate surface area is 116 Å². The molecule has 1 aromatic carbocycles. The van der Waals surface area contributed by atoms with E-state index in [1.807, 2.05) is 0 Å². The number of aliphatic hydroxyl groups is 1. The van der Waals surface area contributed by atoms with Gasteiger partial charge in [0.05, 0.1) is 10.4 Å². The summed E-state index contributed by atoms with van der Waals surface area (Å²) in [6, 6.07) is 3.60. The first-order valence-corrected chi connectivity index (χ1v) is 6.09. The van der Waals surface area contributed by atoms with Gasteiger partial charge < -0.3 is 15.3 Å². The van der Waals surface area contributed by atoms with Crippen molar-refractivity contribution in [3.8, 4) is 0 Å². The van der Waals surface area contributed by atoms with Crippen molar-refractivity contribution in [2.24, 2.45) is 0 Å². The molecule has 6 nitrogen and oxygen atoms in total. The molecule has 0 bridgehead atoms. The summed E-state index contributed by atoms with van der Waals surface area (Å²) in [7, 11) is 0. The van der Waals surface area contributed by atoms with Crippen molar-refractivity contribution in [2.45, 2.75) is 17.9 Å². The number of carboxylic acids is 2. The first-order valence-electron chi connectivity index (χ1n) is 5.18. The van der Waals surface area contributed by atoms with Gasteiger partial charge in [0.15, 0.2) is 6.10 Å². The molecule has 2 atom stereocenters. The van der Waals surface area contributed by atoms with Crippen LogP contribution in [0.1, 0.15) is 39.3 Å². The van der Waals surface area contributed by atoms with Gasteiger partial charge in [-0.2, -0.15) is 0 Å². The van der Waals surface area contributed by atoms with Crippen molar-refractivity contribution in [2.75, 3.05) is 0 Å². The predicted molar refractivity (Wildman–Crippen MR) is 68.3 cm³/mol. The first kappa shape index (κ1) is 15.3. The Morgan fingerprint density at radius 1 is 1.16 bits per heavy atom. The number of halogens is 1. The maximum atomic E-state index is 11.3. The van der Waals surface area contributed by atoms with Gasteiger partial charge in [0.25, 0.3) is 0 Å². The number of alkyl halides is 1. The van der Waals surface area contributed by atoms with Crippen LogP contribution in [-0.4, -0.2) is 33.0 Å². The standard InChI is InChI=1S/C12H11BrO6/c1-5(14)9(13)7-3-2-6(11(16)17)4-8(7)10(15)12(18)19/h2-4,9-10,15H,1H3,(H,16,17)(H,18,19). The highest BCUT2D eigenvalue weighted by Gasteiger charge is 2.25. The van der Waals surface area contributed by atoms with Crippen LogP contribution in [0.4, 0.5) is 0 Å². The molecule has 0 heterocycles. The molecule has 0 saturated heterocycles. The molecule has 1 aromatic rings. The van der Waals surface area contributed by atoms with Crippen LogP contribution < -0.4 is 0 Å². The zero-order valence-electron chi connectivity index (χ0n) is 9.83. The molecular formula is C12H11BrO6. The normalized spacial score (nSPS) is 13.6. The lowest BCUT2D eigenvalue weighted by Gasteiger charge is -2.16. The Morgan fingerprint density at radius 2 is 1.74 bits per heavy atom. The number of aliphatic hydroxyl groups excluding tert-OH is 1. The van der Waals surface area contributed by atoms with Gasteiger partial charge in [0.2, 0.25) is 0 Å². The number of carbonyl (C=O) groups excluding carboxylic acids is 1. The smallest absolute Gasteiger partial charge is 0.337 e. The number of Topliss-reactive ketones (excluding diaryl/α,β-unsaturated/α-hetero) is 1. The van der Waals surface area contributed by atoms with Crippen molar-refractivity contribution in [1.82, 2.24) is 0 Å². The van der Waals surface area contributed by atoms with E-state index in [1.54, 1.807) is 0 Å². The zero-order chi connectivity index (χ0) is 14.7. The van der Waals surface area contributed by atoms with Gasteiger partial charge in [0.1, 0.15) is 5.78 Å². The summed E-state index contributed by atoms with van der Waals surface area (Å²) in [6.07, 6.45) is -1.89. The lowest BCUT2D eigenvalue weighted by Crippen LogP contribution is -2.16. The van der Waals surface area contributed by atoms with Gasteiger partial charge in [0, 0.05) is 0 Å². The van der Waals surface area contributed by atoms with E-state index >= 15 is 0 Å². The van der Waals surface area contributed by atoms with E-state index < -0.39 is 22.9 Å². The number of carbonyl (C=O) groups is 3. The molecule has 0 spiro atoms. The molecule has 2 unspecified atom stereocenters. The monoisotopic (exact) mass is 330 g/mol. The topological polar surface area (TPSA) is 112 Å². The highest BCUT2D eigenvalue weighted by molar-refractivity contribution is 9.09. The fourth-order valence-electron chi connectivity index (χ4n) is 1.53. The number of ketones is 1. The van der Waals surface area contributed by atoms with E-state index in [2.05, 4.69) is 15.9 Å². The third-order valence-electron chi connectivity index (χ3n) is 2.49. The molecule has 3 N–H and O–H groups in total. The van der Waals surface area contributed by atoms with Crippen LogP contribution in [-0.2, 0) is 9.59 Å². The van der Waals surface area contributed by atoms with E-state index in [1.165, 1.54) is 19.1 Å². The summed E-state index contributed by atoms with van der Waals surface area (Å²) in [4.78, 5) is 32.2. The van der Waals surface area contributed by atoms with Gasteiger partial charge in [-0.1, -0.05) is 22.0 Å². The summed E-state index contributed by atoms with van der Waals surface area (Å²) in [6.45, 7) is 1.29. The predicted octanol–water partition coefficient (Wildman–Crippen LogP) is 1.53. The van der Waals surface area contributed by atoms with Crippen LogP contribution in [0.25, 0.3) is 0 Å². The van der Waals surface area contributed by atoms with Crippen molar-refractivity contribution in [3.05, 3.63) is 34.9 Å². The molecule has 0 aliphatic heterocycles. The fraction of sp³-hybridized carbons (Fsp3) is 0.250. The van der Waals surface area contributed by atoms with E-state index in [9.17, 15) is 19.5 Å². The van der Waals surface area contributed by atoms with Crippen molar-refractivity contribution in [1.29, 1.82) is 0 Å². The Morgan fingerprint density at radius 3 is 2.16 bits per heavy atom. The number of aliphatic carboxylic acids is 1. The summed E-state index contributed by atoms with van der Waals surface area (Å²) in [5.74, 6) is -3.06. The fourth-order valence-corrected chi connectivity index (χ4v) is 1.94. The van der Waals surface area contributed by atoms with Crippen LogP contribution in [0.2, 0.25) is 0 Å². The summed E-state index contributed by atoms with van der Waals surface area (Å²) >= 11 is 3.08. The van der Waals surface area contributed by atoms with E-state index in [-0.39, 0.29) is 22.5 Å². The van der Waals surface area contributed by atoms with Crippen LogP contribution in [0.15, 0.2) is 18.2 Å². The second-order valence-corrected chi connectivity index (χ2v) is 4.78. The van der Waals surface area contributed by atoms with Crippen molar-refractivity contribution in [3.63, 3.8) is 0 Å². The van der Waals surface area contributed by atoms with Gasteiger partial charge in [-0.15, -0.1) is 0 Å². The summed E-state index contributed by atoms with van der Waals surface area (Å²) < 4.78 is 0. The SMILES string of the molecule is CC(=O)C(Br)c1ccc(C(=O)O)cc1C(O)C(=O)O. The molecule has 0 fully saturated rings. The maximum absolute atomic E-state index is 11.3. The molecule has 0 aliphatic carbocycles. The molecule has 19 heavy (non-hydrogen) atoms. The minimum Gasteiger partial charge on any atom is -0.479 e. The quantitative estimate of drug-likeness (QED) is 0.706. The highest BCUT2D eigenvalue weighted by atomic mass is 79.9. The summed E-state index contributed by atoms with van der Waals surface area (Å²) in [5.41, 5.74) is -0.0563. The lowest BCUT2D eigenvalue weighted by atomic mass is 9.96. The molecule has 0 aliphatic rings. The molecule has 102 valence electrons. The second kappa shape index (κ2) is 5.94. The number of rotatable bonds is 5. The number of benzene rings is 1. The molecule has 0 saturated carbocycles. The van der Waals surface area contributed by atoms with Crippen molar-refractivity contribution < 1.29 is 29.7 Å². The molecule has 1 rings (SSSR count). The van der Waals surface area contributed by atoms with Gasteiger partial charge in [-0.05, 0) is 30.2 Å². The van der Waals surface area contributed by atoms with Gasteiger partial charge >= 0.3 is 11.9 Å². The zero-order valence-corrected chi connectivity index (χ0v) is 11.4. The Hall–Kier alpha value is -1.73. The highest BCUT2D eigenvalue weighted by Crippen LogP contribution is 2.31. The maximum Gasteiger partial charge on any atom is 0.337 e. The van der Waals surface area contributed by atoms with Crippen LogP contribution in [0, 0.1) is 0 Å². The minimum atomic E-state index is -1.89. The van der Waals surface area contributed by atoms with Crippen LogP contribution >= 0.6 is 15.9 Å². The Bertz CT molecular complexity index is 539. The van der Waals surface area contributed by atoms with E-state index in [4.69, 9.17) is 10.2 Å². The molecule has 7 heteroatoms. The molecular weight excluding hydrogens is 320 g/mol. The molecule has 0 amide bonds. The van der Waals surface area contributed by atoms with Gasteiger partial charge in [-0.3, -0.25) is 4.79 Å². The van der Waals surface area contributed by atoms with Gasteiger partial charge in [-0.25, -0.2) is 9.59 Å². The lowest BCUT2D eigenvalue weighted by molar-refractivity contribution is -0.147. The number of hydrogen-bond acceptors (Lipinski definition) is 4. The average molecular weight is 331 g/mol. The Balaban J connectivity index is 3.42. The third-order valence-corrected chi connectivity index (χ3v) is 3.63. The average Bonchev–Trinajstić information content (AvgIpc) is 2.35. The Kier molecular flexibility index (Phi) is 4.79. The second-order valence-electron chi connectivity index (χ2n) is 3.86. The summed E-state index contributed by atoms with van der Waals surface area (Å²) in [5, 5.41) is 27.3. The minimum absolute atomic E-state index is 0.121. The van der Waals surface area contributed by atoms with Crippen LogP contribution in [0.5, 0.6) is 0 Å².